The normalized spacial score (nSPS) is 1.00. The maximum atomic E-state index is 8.12. The SMILES string of the molecule is O=[Se].[Cu].[La]. The molecule has 0 atom stereocenters. The first kappa shape index (κ1) is 16.6. The first-order valence-electron chi connectivity index (χ1n) is 0.167. The third-order valence-electron chi connectivity index (χ3n) is 0. The van der Waals surface area contributed by atoms with Crippen molar-refractivity contribution in [2.45, 2.75) is 0 Å². The van der Waals surface area contributed by atoms with Crippen molar-refractivity contribution < 1.29 is 56.5 Å². The zero-order chi connectivity index (χ0) is 2.00. The van der Waals surface area contributed by atoms with Crippen LogP contribution < -0.4 is 0 Å². The molecule has 0 amide bonds. The molecule has 4 heteroatoms. The summed E-state index contributed by atoms with van der Waals surface area (Å²) in [6.45, 7) is 0. The largest absolute Gasteiger partial charge is 0 e. The van der Waals surface area contributed by atoms with Gasteiger partial charge in [-0.3, -0.25) is 0 Å². The van der Waals surface area contributed by atoms with Crippen LogP contribution >= 0.6 is 0 Å². The van der Waals surface area contributed by atoms with E-state index in [1.54, 1.807) is 0 Å². The van der Waals surface area contributed by atoms with Gasteiger partial charge in [-0.2, -0.15) is 0 Å². The first-order chi connectivity index (χ1) is 1.00. The van der Waals surface area contributed by atoms with Gasteiger partial charge in [0.25, 0.3) is 0 Å². The van der Waals surface area contributed by atoms with E-state index in [1.165, 1.54) is 15.9 Å². The third-order valence-corrected chi connectivity index (χ3v) is 0. The summed E-state index contributed by atoms with van der Waals surface area (Å²) in [4.78, 5) is 0. The minimum Gasteiger partial charge on any atom is 0 e. The summed E-state index contributed by atoms with van der Waals surface area (Å²) < 4.78 is 8.12. The summed E-state index contributed by atoms with van der Waals surface area (Å²) in [5.41, 5.74) is 0. The van der Waals surface area contributed by atoms with Gasteiger partial charge < -0.3 is 0 Å². The van der Waals surface area contributed by atoms with E-state index in [2.05, 4.69) is 0 Å². The zero-order valence-corrected chi connectivity index (χ0v) is 7.98. The smallest absolute Gasteiger partial charge is 0 e. The molecule has 0 fully saturated rings. The van der Waals surface area contributed by atoms with Crippen LogP contribution in [0.4, 0.5) is 0 Å². The Kier molecular flexibility index (Phi) is 82.2. The van der Waals surface area contributed by atoms with Gasteiger partial charge in [-0.1, -0.05) is 0 Å². The molecule has 0 rings (SSSR count). The molecule has 0 spiro atoms. The van der Waals surface area contributed by atoms with Crippen LogP contribution in [-0.4, -0.2) is 15.9 Å². The van der Waals surface area contributed by atoms with E-state index in [0.717, 1.165) is 0 Å². The molecule has 0 aromatic heterocycles. The van der Waals surface area contributed by atoms with Gasteiger partial charge >= 0.3 is 19.8 Å². The fraction of sp³-hybridized carbons (Fsp3) is 0. The zero-order valence-electron chi connectivity index (χ0n) is 1.70. The van der Waals surface area contributed by atoms with Crippen molar-refractivity contribution in [2.24, 2.45) is 0 Å². The molecule has 4 heavy (non-hydrogen) atoms. The van der Waals surface area contributed by atoms with Crippen molar-refractivity contribution in [1.29, 1.82) is 0 Å². The van der Waals surface area contributed by atoms with E-state index in [1.807, 2.05) is 0 Å². The molecule has 0 heterocycles. The number of hydrogen-bond donors (Lipinski definition) is 0. The van der Waals surface area contributed by atoms with Crippen molar-refractivity contribution >= 4 is 15.9 Å². The summed E-state index contributed by atoms with van der Waals surface area (Å²) in [5, 5.41) is 0. The van der Waals surface area contributed by atoms with Crippen molar-refractivity contribution in [1.82, 2.24) is 0 Å². The van der Waals surface area contributed by atoms with Gasteiger partial charge in [0, 0.05) is 52.7 Å². The second kappa shape index (κ2) is 19.8. The van der Waals surface area contributed by atoms with Crippen LogP contribution in [0.3, 0.4) is 0 Å². The minimum atomic E-state index is 0. The van der Waals surface area contributed by atoms with Gasteiger partial charge in [-0.25, -0.2) is 0 Å². The quantitative estimate of drug-likeness (QED) is 0.551. The monoisotopic (exact) mass is 298 g/mol. The number of rotatable bonds is 0. The minimum absolute atomic E-state index is 0. The molecule has 26 valence electrons. The van der Waals surface area contributed by atoms with E-state index in [4.69, 9.17) is 3.83 Å². The van der Waals surface area contributed by atoms with Crippen molar-refractivity contribution in [2.75, 3.05) is 0 Å². The molecular formula is CuLaOSe. The Morgan fingerprint density at radius 2 is 1.25 bits per heavy atom. The summed E-state index contributed by atoms with van der Waals surface area (Å²) in [6.07, 6.45) is 0. The molecule has 2 radical (unpaired) electrons. The second-order valence-corrected chi connectivity index (χ2v) is 0. The Labute approximate surface area is 71.4 Å². The van der Waals surface area contributed by atoms with Gasteiger partial charge in [0.2, 0.25) is 0 Å². The third kappa shape index (κ3) is 8.98. The summed E-state index contributed by atoms with van der Waals surface area (Å²) >= 11 is 1.38. The van der Waals surface area contributed by atoms with E-state index < -0.39 is 0 Å². The molecule has 0 saturated carbocycles. The Morgan fingerprint density at radius 1 is 1.25 bits per heavy atom. The van der Waals surface area contributed by atoms with Gasteiger partial charge in [0.1, 0.15) is 0 Å². The van der Waals surface area contributed by atoms with E-state index in [-0.39, 0.29) is 52.7 Å². The molecule has 0 aliphatic carbocycles. The Balaban J connectivity index is -0.00000000500. The summed E-state index contributed by atoms with van der Waals surface area (Å²) in [7, 11) is 0. The van der Waals surface area contributed by atoms with Crippen LogP contribution in [0.5, 0.6) is 0 Å². The van der Waals surface area contributed by atoms with E-state index in [0.29, 0.717) is 0 Å². The Morgan fingerprint density at radius 3 is 1.25 bits per heavy atom. The van der Waals surface area contributed by atoms with Crippen LogP contribution in [0.2, 0.25) is 0 Å². The predicted molar refractivity (Wildman–Crippen MR) is 6.44 cm³/mol. The second-order valence-electron chi connectivity index (χ2n) is 0. The molecule has 0 bridgehead atoms. The van der Waals surface area contributed by atoms with E-state index >= 15 is 0 Å². The van der Waals surface area contributed by atoms with Gasteiger partial charge in [0.05, 0.1) is 0 Å². The average molecular weight is 297 g/mol. The fourth-order valence-electron chi connectivity index (χ4n) is 0. The molecule has 0 N–H and O–H groups in total. The van der Waals surface area contributed by atoms with Crippen molar-refractivity contribution in [3.63, 3.8) is 0 Å². The van der Waals surface area contributed by atoms with Gasteiger partial charge in [0.15, 0.2) is 0 Å². The molecular weight excluding hydrogens is 297 g/mol. The predicted octanol–water partition coefficient (Wildman–Crippen LogP) is -0.502. The molecule has 1 nitrogen and oxygen atoms in total. The van der Waals surface area contributed by atoms with Crippen LogP contribution in [0.25, 0.3) is 0 Å². The van der Waals surface area contributed by atoms with Crippen molar-refractivity contribution in [3.05, 3.63) is 0 Å². The average Bonchev–Trinajstić information content (AvgIpc) is 1.00. The molecule has 0 aromatic carbocycles. The van der Waals surface area contributed by atoms with Crippen LogP contribution in [0, 0.1) is 35.6 Å². The van der Waals surface area contributed by atoms with Gasteiger partial charge in [-0.15, -0.1) is 0 Å². The maximum absolute atomic E-state index is 8.12. The Hall–Kier alpha value is 2.03. The molecule has 0 unspecified atom stereocenters. The van der Waals surface area contributed by atoms with Crippen molar-refractivity contribution in [3.8, 4) is 0 Å². The molecule has 0 aliphatic heterocycles. The Bertz CT molecular complexity index is 8.00. The maximum Gasteiger partial charge on any atom is 0 e. The van der Waals surface area contributed by atoms with Crippen LogP contribution in [-0.2, 0) is 20.9 Å². The van der Waals surface area contributed by atoms with Crippen LogP contribution in [0.15, 0.2) is 0 Å². The molecule has 0 aliphatic rings. The van der Waals surface area contributed by atoms with E-state index in [9.17, 15) is 0 Å². The summed E-state index contributed by atoms with van der Waals surface area (Å²) in [6, 6.07) is 0. The molecule has 0 aromatic rings. The fourth-order valence-corrected chi connectivity index (χ4v) is 0. The van der Waals surface area contributed by atoms with Gasteiger partial charge in [-0.05, 0) is 0 Å². The topological polar surface area (TPSA) is 17.1 Å². The summed E-state index contributed by atoms with van der Waals surface area (Å²) in [5.74, 6) is 0. The van der Waals surface area contributed by atoms with Crippen LogP contribution in [0.1, 0.15) is 0 Å². The number of hydrogen-bond acceptors (Lipinski definition) is 1. The standard InChI is InChI=1S/Cu.La.OSe/c;;1-2. The first-order valence-corrected chi connectivity index (χ1v) is 0.866. The molecule has 0 saturated heterocycles.